The molecule has 0 amide bonds. The van der Waals surface area contributed by atoms with Gasteiger partial charge in [-0.25, -0.2) is 0 Å². The zero-order valence-electron chi connectivity index (χ0n) is 10.7. The number of ether oxygens (including phenoxy) is 2. The van der Waals surface area contributed by atoms with Crippen LogP contribution in [0.4, 0.5) is 13.2 Å². The van der Waals surface area contributed by atoms with Crippen LogP contribution in [0.15, 0.2) is 18.2 Å². The second kappa shape index (κ2) is 5.79. The highest BCUT2D eigenvalue weighted by Crippen LogP contribution is 2.32. The van der Waals surface area contributed by atoms with Crippen LogP contribution in [-0.2, 0) is 17.5 Å². The number of hydrogen-bond donors (Lipinski definition) is 0. The lowest BCUT2D eigenvalue weighted by atomic mass is 10.1. The summed E-state index contributed by atoms with van der Waals surface area (Å²) in [5.74, 6) is 0.234. The molecule has 0 spiro atoms. The highest BCUT2D eigenvalue weighted by molar-refractivity contribution is 5.36. The predicted octanol–water partition coefficient (Wildman–Crippen LogP) is 2.55. The van der Waals surface area contributed by atoms with E-state index in [-0.39, 0.29) is 5.75 Å². The molecular weight excluding hydrogens is 259 g/mol. The molecule has 1 saturated heterocycles. The van der Waals surface area contributed by atoms with E-state index in [1.165, 1.54) is 13.2 Å². The summed E-state index contributed by atoms with van der Waals surface area (Å²) in [5, 5.41) is 0. The van der Waals surface area contributed by atoms with Crippen molar-refractivity contribution in [1.29, 1.82) is 0 Å². The van der Waals surface area contributed by atoms with Crippen molar-refractivity contribution < 1.29 is 22.6 Å². The molecule has 2 rings (SSSR count). The van der Waals surface area contributed by atoms with Crippen molar-refractivity contribution in [2.45, 2.75) is 12.7 Å². The van der Waals surface area contributed by atoms with Crippen molar-refractivity contribution in [1.82, 2.24) is 4.90 Å². The van der Waals surface area contributed by atoms with Gasteiger partial charge in [0.15, 0.2) is 0 Å². The van der Waals surface area contributed by atoms with Crippen molar-refractivity contribution >= 4 is 0 Å². The molecule has 0 bridgehead atoms. The zero-order valence-corrected chi connectivity index (χ0v) is 10.7. The zero-order chi connectivity index (χ0) is 13.9. The van der Waals surface area contributed by atoms with Gasteiger partial charge in [0.25, 0.3) is 0 Å². The number of benzene rings is 1. The van der Waals surface area contributed by atoms with Crippen molar-refractivity contribution in [3.63, 3.8) is 0 Å². The smallest absolute Gasteiger partial charge is 0.416 e. The Morgan fingerprint density at radius 2 is 1.89 bits per heavy atom. The summed E-state index contributed by atoms with van der Waals surface area (Å²) in [6, 6.07) is 3.84. The third-order valence-electron chi connectivity index (χ3n) is 3.04. The highest BCUT2D eigenvalue weighted by atomic mass is 19.4. The monoisotopic (exact) mass is 275 g/mol. The highest BCUT2D eigenvalue weighted by Gasteiger charge is 2.31. The minimum Gasteiger partial charge on any atom is -0.497 e. The number of methoxy groups -OCH3 is 1. The second-order valence-corrected chi connectivity index (χ2v) is 4.46. The summed E-state index contributed by atoms with van der Waals surface area (Å²) in [6.07, 6.45) is -4.35. The van der Waals surface area contributed by atoms with Crippen molar-refractivity contribution in [3.05, 3.63) is 29.3 Å². The van der Waals surface area contributed by atoms with Gasteiger partial charge in [0.1, 0.15) is 5.75 Å². The lowest BCUT2D eigenvalue weighted by Crippen LogP contribution is -2.35. The summed E-state index contributed by atoms with van der Waals surface area (Å²) in [6.45, 7) is 3.19. The van der Waals surface area contributed by atoms with Crippen LogP contribution in [0, 0.1) is 0 Å². The average molecular weight is 275 g/mol. The Balaban J connectivity index is 2.19. The van der Waals surface area contributed by atoms with Crippen LogP contribution in [0.25, 0.3) is 0 Å². The molecule has 19 heavy (non-hydrogen) atoms. The molecule has 1 heterocycles. The Hall–Kier alpha value is -1.27. The molecule has 1 aliphatic rings. The molecule has 1 aliphatic heterocycles. The molecule has 0 radical (unpaired) electrons. The third-order valence-corrected chi connectivity index (χ3v) is 3.04. The molecule has 0 atom stereocenters. The van der Waals surface area contributed by atoms with E-state index in [2.05, 4.69) is 4.90 Å². The second-order valence-electron chi connectivity index (χ2n) is 4.46. The number of halogens is 3. The summed E-state index contributed by atoms with van der Waals surface area (Å²) in [4.78, 5) is 2.07. The Bertz CT molecular complexity index is 428. The Kier molecular flexibility index (Phi) is 4.31. The Morgan fingerprint density at radius 1 is 1.21 bits per heavy atom. The van der Waals surface area contributed by atoms with Crippen LogP contribution < -0.4 is 4.74 Å². The number of alkyl halides is 3. The predicted molar refractivity (Wildman–Crippen MR) is 64.1 cm³/mol. The van der Waals surface area contributed by atoms with Gasteiger partial charge >= 0.3 is 6.18 Å². The van der Waals surface area contributed by atoms with Crippen molar-refractivity contribution in [2.24, 2.45) is 0 Å². The van der Waals surface area contributed by atoms with Crippen LogP contribution in [-0.4, -0.2) is 38.3 Å². The van der Waals surface area contributed by atoms with Crippen LogP contribution in [0.2, 0.25) is 0 Å². The average Bonchev–Trinajstić information content (AvgIpc) is 2.38. The van der Waals surface area contributed by atoms with Gasteiger partial charge in [-0.15, -0.1) is 0 Å². The maximum atomic E-state index is 12.8. The summed E-state index contributed by atoms with van der Waals surface area (Å²) >= 11 is 0. The normalized spacial score (nSPS) is 17.5. The van der Waals surface area contributed by atoms with Gasteiger partial charge < -0.3 is 9.47 Å². The summed E-state index contributed by atoms with van der Waals surface area (Å²) in [7, 11) is 1.37. The molecule has 1 aromatic carbocycles. The molecule has 3 nitrogen and oxygen atoms in total. The van der Waals surface area contributed by atoms with Gasteiger partial charge in [0.2, 0.25) is 0 Å². The lowest BCUT2D eigenvalue weighted by Gasteiger charge is -2.27. The van der Waals surface area contributed by atoms with Gasteiger partial charge in [0, 0.05) is 19.6 Å². The number of morpholine rings is 1. The minimum absolute atomic E-state index is 0.234. The number of hydrogen-bond acceptors (Lipinski definition) is 3. The van der Waals surface area contributed by atoms with E-state index in [0.717, 1.165) is 19.2 Å². The van der Waals surface area contributed by atoms with Crippen molar-refractivity contribution in [2.75, 3.05) is 33.4 Å². The molecule has 0 saturated carbocycles. The van der Waals surface area contributed by atoms with Gasteiger partial charge in [-0.1, -0.05) is 0 Å². The van der Waals surface area contributed by atoms with Gasteiger partial charge in [-0.2, -0.15) is 13.2 Å². The number of rotatable bonds is 3. The van der Waals surface area contributed by atoms with E-state index in [1.54, 1.807) is 6.07 Å². The first-order chi connectivity index (χ1) is 8.99. The standard InChI is InChI=1S/C13H16F3NO2/c1-18-12-7-10(6-11(8-12)13(14,15)16)9-17-2-4-19-5-3-17/h6-8H,2-5,9H2,1H3. The van der Waals surface area contributed by atoms with Crippen LogP contribution in [0.5, 0.6) is 5.75 Å². The molecule has 1 aromatic rings. The summed E-state index contributed by atoms with van der Waals surface area (Å²) < 4.78 is 48.5. The van der Waals surface area contributed by atoms with Crippen molar-refractivity contribution in [3.8, 4) is 5.75 Å². The minimum atomic E-state index is -4.35. The van der Waals surface area contributed by atoms with Crippen LogP contribution in [0.1, 0.15) is 11.1 Å². The Morgan fingerprint density at radius 3 is 2.47 bits per heavy atom. The van der Waals surface area contributed by atoms with E-state index in [0.29, 0.717) is 25.3 Å². The molecule has 0 N–H and O–H groups in total. The molecule has 0 aliphatic carbocycles. The quantitative estimate of drug-likeness (QED) is 0.846. The third kappa shape index (κ3) is 3.84. The van der Waals surface area contributed by atoms with E-state index < -0.39 is 11.7 Å². The first-order valence-electron chi connectivity index (χ1n) is 6.04. The molecule has 106 valence electrons. The maximum absolute atomic E-state index is 12.8. The molecule has 0 aromatic heterocycles. The van der Waals surface area contributed by atoms with Crippen LogP contribution >= 0.6 is 0 Å². The summed E-state index contributed by atoms with van der Waals surface area (Å²) in [5.41, 5.74) is -0.0660. The first-order valence-corrected chi connectivity index (χ1v) is 6.04. The van der Waals surface area contributed by atoms with Gasteiger partial charge in [-0.3, -0.25) is 4.90 Å². The largest absolute Gasteiger partial charge is 0.497 e. The Labute approximate surface area is 109 Å². The fourth-order valence-electron chi connectivity index (χ4n) is 2.05. The number of nitrogens with zero attached hydrogens (tertiary/aromatic N) is 1. The molecule has 0 unspecified atom stereocenters. The van der Waals surface area contributed by atoms with Gasteiger partial charge in [-0.05, 0) is 23.8 Å². The fraction of sp³-hybridized carbons (Fsp3) is 0.538. The molecular formula is C13H16F3NO2. The topological polar surface area (TPSA) is 21.7 Å². The molecule has 6 heteroatoms. The molecule has 1 fully saturated rings. The van der Waals surface area contributed by atoms with Gasteiger partial charge in [0.05, 0.1) is 25.9 Å². The van der Waals surface area contributed by atoms with Crippen LogP contribution in [0.3, 0.4) is 0 Å². The van der Waals surface area contributed by atoms with E-state index in [4.69, 9.17) is 9.47 Å². The SMILES string of the molecule is COc1cc(CN2CCOCC2)cc(C(F)(F)F)c1. The lowest BCUT2D eigenvalue weighted by molar-refractivity contribution is -0.137. The van der Waals surface area contributed by atoms with E-state index in [9.17, 15) is 13.2 Å². The maximum Gasteiger partial charge on any atom is 0.416 e. The fourth-order valence-corrected chi connectivity index (χ4v) is 2.05. The van der Waals surface area contributed by atoms with E-state index in [1.807, 2.05) is 0 Å². The first kappa shape index (κ1) is 14.1. The van der Waals surface area contributed by atoms with E-state index >= 15 is 0 Å².